The third-order valence-electron chi connectivity index (χ3n) is 2.30. The maximum atomic E-state index is 11.5. The van der Waals surface area contributed by atoms with Crippen LogP contribution in [0.25, 0.3) is 0 Å². The fraction of sp³-hybridized carbons (Fsp3) is 0.417. The first-order valence-electron chi connectivity index (χ1n) is 5.50. The van der Waals surface area contributed by atoms with Crippen molar-refractivity contribution in [2.45, 2.75) is 0 Å². The van der Waals surface area contributed by atoms with Crippen molar-refractivity contribution >= 4 is 11.7 Å². The fourth-order valence-electron chi connectivity index (χ4n) is 1.47. The Morgan fingerprint density at radius 2 is 1.63 bits per heavy atom. The SMILES string of the molecule is COCNC(=O)Nc1cc(OC)c(OC)c(OC)c1. The van der Waals surface area contributed by atoms with Crippen molar-refractivity contribution < 1.29 is 23.7 Å². The fourth-order valence-corrected chi connectivity index (χ4v) is 1.47. The van der Waals surface area contributed by atoms with Crippen LogP contribution in [-0.2, 0) is 4.74 Å². The van der Waals surface area contributed by atoms with Gasteiger partial charge >= 0.3 is 6.03 Å². The van der Waals surface area contributed by atoms with Crippen LogP contribution in [0.15, 0.2) is 12.1 Å². The van der Waals surface area contributed by atoms with Crippen molar-refractivity contribution in [3.8, 4) is 17.2 Å². The zero-order valence-corrected chi connectivity index (χ0v) is 11.4. The first kappa shape index (κ1) is 14.9. The van der Waals surface area contributed by atoms with Crippen molar-refractivity contribution in [1.29, 1.82) is 0 Å². The molecule has 0 saturated carbocycles. The number of carbonyl (C=O) groups is 1. The Bertz CT molecular complexity index is 411. The molecule has 0 aliphatic rings. The molecule has 0 fully saturated rings. The van der Waals surface area contributed by atoms with E-state index >= 15 is 0 Å². The maximum Gasteiger partial charge on any atom is 0.321 e. The number of amides is 2. The number of nitrogens with one attached hydrogen (secondary N) is 2. The van der Waals surface area contributed by atoms with E-state index in [0.29, 0.717) is 22.9 Å². The number of hydrogen-bond donors (Lipinski definition) is 2. The van der Waals surface area contributed by atoms with Gasteiger partial charge in [0.25, 0.3) is 0 Å². The van der Waals surface area contributed by atoms with Gasteiger partial charge in [0, 0.05) is 19.2 Å². The Morgan fingerprint density at radius 1 is 1.05 bits per heavy atom. The number of benzene rings is 1. The van der Waals surface area contributed by atoms with Gasteiger partial charge in [-0.2, -0.15) is 0 Å². The van der Waals surface area contributed by atoms with Gasteiger partial charge in [0.2, 0.25) is 5.75 Å². The lowest BCUT2D eigenvalue weighted by Gasteiger charge is -2.14. The van der Waals surface area contributed by atoms with Crippen LogP contribution >= 0.6 is 0 Å². The van der Waals surface area contributed by atoms with Crippen molar-refractivity contribution in [3.63, 3.8) is 0 Å². The molecule has 1 aromatic carbocycles. The van der Waals surface area contributed by atoms with Crippen LogP contribution in [0.5, 0.6) is 17.2 Å². The van der Waals surface area contributed by atoms with Crippen LogP contribution in [-0.4, -0.2) is 41.2 Å². The summed E-state index contributed by atoms with van der Waals surface area (Å²) >= 11 is 0. The minimum atomic E-state index is -0.392. The van der Waals surface area contributed by atoms with Crippen molar-refractivity contribution in [2.75, 3.05) is 40.5 Å². The Morgan fingerprint density at radius 3 is 2.05 bits per heavy atom. The average molecular weight is 270 g/mol. The van der Waals surface area contributed by atoms with E-state index in [2.05, 4.69) is 10.6 Å². The van der Waals surface area contributed by atoms with E-state index in [4.69, 9.17) is 18.9 Å². The van der Waals surface area contributed by atoms with Crippen LogP contribution in [0.1, 0.15) is 0 Å². The van der Waals surface area contributed by atoms with E-state index in [1.807, 2.05) is 0 Å². The molecule has 7 nitrogen and oxygen atoms in total. The van der Waals surface area contributed by atoms with Gasteiger partial charge in [0.05, 0.1) is 27.0 Å². The third kappa shape index (κ3) is 3.92. The van der Waals surface area contributed by atoms with E-state index in [9.17, 15) is 4.79 Å². The summed E-state index contributed by atoms with van der Waals surface area (Å²) in [5, 5.41) is 5.13. The predicted molar refractivity (Wildman–Crippen MR) is 70.1 cm³/mol. The normalized spacial score (nSPS) is 9.68. The van der Waals surface area contributed by atoms with Gasteiger partial charge in [-0.15, -0.1) is 0 Å². The minimum Gasteiger partial charge on any atom is -0.493 e. The highest BCUT2D eigenvalue weighted by atomic mass is 16.5. The highest BCUT2D eigenvalue weighted by molar-refractivity contribution is 5.90. The lowest BCUT2D eigenvalue weighted by Crippen LogP contribution is -2.30. The Kier molecular flexibility index (Phi) is 5.74. The van der Waals surface area contributed by atoms with Crippen molar-refractivity contribution in [3.05, 3.63) is 12.1 Å². The van der Waals surface area contributed by atoms with Gasteiger partial charge in [0.1, 0.15) is 6.73 Å². The number of carbonyl (C=O) groups excluding carboxylic acids is 1. The summed E-state index contributed by atoms with van der Waals surface area (Å²) in [5.41, 5.74) is 0.517. The van der Waals surface area contributed by atoms with Crippen molar-refractivity contribution in [2.24, 2.45) is 0 Å². The molecule has 0 spiro atoms. The number of ether oxygens (including phenoxy) is 4. The summed E-state index contributed by atoms with van der Waals surface area (Å²) in [5.74, 6) is 1.39. The minimum absolute atomic E-state index is 0.121. The molecule has 0 radical (unpaired) electrons. The molecule has 0 bridgehead atoms. The molecule has 0 saturated heterocycles. The smallest absolute Gasteiger partial charge is 0.321 e. The predicted octanol–water partition coefficient (Wildman–Crippen LogP) is 1.44. The van der Waals surface area contributed by atoms with Gasteiger partial charge < -0.3 is 29.6 Å². The summed E-state index contributed by atoms with van der Waals surface area (Å²) in [4.78, 5) is 11.5. The molecule has 1 aromatic rings. The molecule has 2 N–H and O–H groups in total. The van der Waals surface area contributed by atoms with Crippen LogP contribution < -0.4 is 24.8 Å². The molecule has 7 heteroatoms. The van der Waals surface area contributed by atoms with E-state index in [0.717, 1.165) is 0 Å². The molecule has 0 aliphatic heterocycles. The van der Waals surface area contributed by atoms with Crippen molar-refractivity contribution in [1.82, 2.24) is 5.32 Å². The van der Waals surface area contributed by atoms with Crippen LogP contribution in [0.2, 0.25) is 0 Å². The number of urea groups is 1. The van der Waals surface area contributed by atoms with Gasteiger partial charge in [0.15, 0.2) is 11.5 Å². The van der Waals surface area contributed by atoms with Gasteiger partial charge in [-0.3, -0.25) is 0 Å². The van der Waals surface area contributed by atoms with E-state index < -0.39 is 6.03 Å². The second-order valence-corrected chi connectivity index (χ2v) is 3.48. The number of anilines is 1. The highest BCUT2D eigenvalue weighted by Crippen LogP contribution is 2.39. The molecule has 0 heterocycles. The summed E-state index contributed by atoms with van der Waals surface area (Å²) < 4.78 is 20.3. The van der Waals surface area contributed by atoms with Gasteiger partial charge in [-0.25, -0.2) is 4.79 Å². The molecule has 1 rings (SSSR count). The first-order chi connectivity index (χ1) is 9.15. The number of methoxy groups -OCH3 is 4. The molecule has 2 amide bonds. The maximum absolute atomic E-state index is 11.5. The van der Waals surface area contributed by atoms with E-state index in [-0.39, 0.29) is 6.73 Å². The number of hydrogen-bond acceptors (Lipinski definition) is 5. The van der Waals surface area contributed by atoms with Gasteiger partial charge in [-0.1, -0.05) is 0 Å². The molecular weight excluding hydrogens is 252 g/mol. The van der Waals surface area contributed by atoms with Crippen LogP contribution in [0.3, 0.4) is 0 Å². The number of rotatable bonds is 6. The standard InChI is InChI=1S/C12H18N2O5/c1-16-7-13-12(15)14-8-5-9(17-2)11(19-4)10(6-8)18-3/h5-6H,7H2,1-4H3,(H2,13,14,15). The zero-order chi connectivity index (χ0) is 14.3. The van der Waals surface area contributed by atoms with E-state index in [1.54, 1.807) is 12.1 Å². The second-order valence-electron chi connectivity index (χ2n) is 3.48. The molecule has 0 aromatic heterocycles. The highest BCUT2D eigenvalue weighted by Gasteiger charge is 2.14. The summed E-state index contributed by atoms with van der Waals surface area (Å²) in [6, 6.07) is 2.87. The summed E-state index contributed by atoms with van der Waals surface area (Å²) in [7, 11) is 6.01. The largest absolute Gasteiger partial charge is 0.493 e. The lowest BCUT2D eigenvalue weighted by atomic mass is 10.2. The Labute approximate surface area is 111 Å². The Hall–Kier alpha value is -2.15. The topological polar surface area (TPSA) is 78.1 Å². The van der Waals surface area contributed by atoms with Gasteiger partial charge in [-0.05, 0) is 0 Å². The van der Waals surface area contributed by atoms with Crippen LogP contribution in [0.4, 0.5) is 10.5 Å². The first-order valence-corrected chi connectivity index (χ1v) is 5.50. The second kappa shape index (κ2) is 7.32. The van der Waals surface area contributed by atoms with Crippen LogP contribution in [0, 0.1) is 0 Å². The molecular formula is C12H18N2O5. The molecule has 0 unspecified atom stereocenters. The summed E-state index contributed by atoms with van der Waals surface area (Å²) in [6.45, 7) is 0.121. The molecule has 0 aliphatic carbocycles. The monoisotopic (exact) mass is 270 g/mol. The lowest BCUT2D eigenvalue weighted by molar-refractivity contribution is 0.177. The van der Waals surface area contributed by atoms with E-state index in [1.165, 1.54) is 28.4 Å². The quantitative estimate of drug-likeness (QED) is 0.765. The Balaban J connectivity index is 2.93. The summed E-state index contributed by atoms with van der Waals surface area (Å²) in [6.07, 6.45) is 0. The average Bonchev–Trinajstić information content (AvgIpc) is 2.43. The molecule has 19 heavy (non-hydrogen) atoms. The third-order valence-corrected chi connectivity index (χ3v) is 2.30. The molecule has 0 atom stereocenters. The molecule has 106 valence electrons. The zero-order valence-electron chi connectivity index (χ0n) is 11.4.